The summed E-state index contributed by atoms with van der Waals surface area (Å²) in [6, 6.07) is 11.4. The van der Waals surface area contributed by atoms with Crippen LogP contribution in [0.1, 0.15) is 25.0 Å². The molecule has 0 spiro atoms. The summed E-state index contributed by atoms with van der Waals surface area (Å²) >= 11 is 0. The molecule has 1 aliphatic heterocycles. The van der Waals surface area contributed by atoms with Gasteiger partial charge in [0.25, 0.3) is 0 Å². The maximum Gasteiger partial charge on any atom is 0.146 e. The summed E-state index contributed by atoms with van der Waals surface area (Å²) in [6.07, 6.45) is 3.31. The first kappa shape index (κ1) is 35.5. The number of rotatable bonds is 8. The van der Waals surface area contributed by atoms with Gasteiger partial charge in [-0.2, -0.15) is 0 Å². The first-order valence-electron chi connectivity index (χ1n) is 16.8. The summed E-state index contributed by atoms with van der Waals surface area (Å²) < 4.78 is 35.1. The smallest absolute Gasteiger partial charge is 0.146 e. The third kappa shape index (κ3) is 9.65. The minimum atomic E-state index is 0.161. The van der Waals surface area contributed by atoms with Crippen LogP contribution in [0.5, 0.6) is 23.0 Å². The number of ether oxygens (including phenoxy) is 6. The van der Waals surface area contributed by atoms with Gasteiger partial charge in [-0.25, -0.2) is 0 Å². The molecule has 48 heavy (non-hydrogen) atoms. The van der Waals surface area contributed by atoms with Crippen LogP contribution in [0, 0.1) is 0 Å². The lowest BCUT2D eigenvalue weighted by Gasteiger charge is -2.24. The molecule has 0 unspecified atom stereocenters. The number of phenols is 2. The van der Waals surface area contributed by atoms with E-state index < -0.39 is 0 Å². The van der Waals surface area contributed by atoms with Crippen LogP contribution in [0.15, 0.2) is 48.8 Å². The van der Waals surface area contributed by atoms with E-state index in [2.05, 4.69) is 19.8 Å². The highest BCUT2D eigenvalue weighted by atomic mass is 16.5. The Kier molecular flexibility index (Phi) is 13.8. The van der Waals surface area contributed by atoms with Gasteiger partial charge in [0, 0.05) is 73.6 Å². The summed E-state index contributed by atoms with van der Waals surface area (Å²) in [5, 5.41) is 23.7. The van der Waals surface area contributed by atoms with Crippen LogP contribution in [0.3, 0.4) is 0 Å². The molecule has 0 amide bonds. The Labute approximate surface area is 282 Å². The topological polar surface area (TPSA) is 128 Å². The van der Waals surface area contributed by atoms with E-state index >= 15 is 0 Å². The van der Waals surface area contributed by atoms with Crippen molar-refractivity contribution in [2.24, 2.45) is 0 Å². The third-order valence-corrected chi connectivity index (χ3v) is 8.20. The Balaban J connectivity index is 1.15. The zero-order valence-corrected chi connectivity index (χ0v) is 28.1. The Morgan fingerprint density at radius 3 is 1.29 bits per heavy atom. The molecular weight excluding hydrogens is 616 g/mol. The van der Waals surface area contributed by atoms with Crippen molar-refractivity contribution in [3.63, 3.8) is 0 Å². The number of pyridine rings is 2. The highest BCUT2D eigenvalue weighted by molar-refractivity contribution is 5.91. The third-order valence-electron chi connectivity index (χ3n) is 8.20. The molecule has 1 saturated heterocycles. The molecule has 2 aromatic carbocycles. The van der Waals surface area contributed by atoms with Gasteiger partial charge in [-0.05, 0) is 38.1 Å². The number of hydrogen-bond acceptors (Lipinski definition) is 12. The quantitative estimate of drug-likeness (QED) is 0.278. The zero-order chi connectivity index (χ0) is 33.6. The van der Waals surface area contributed by atoms with E-state index in [1.807, 2.05) is 50.2 Å². The highest BCUT2D eigenvalue weighted by Crippen LogP contribution is 2.34. The van der Waals surface area contributed by atoms with E-state index in [4.69, 9.17) is 28.4 Å². The van der Waals surface area contributed by atoms with Crippen LogP contribution < -0.4 is 9.47 Å². The summed E-state index contributed by atoms with van der Waals surface area (Å²) in [4.78, 5) is 13.2. The second-order valence-electron chi connectivity index (χ2n) is 11.4. The predicted molar refractivity (Wildman–Crippen MR) is 183 cm³/mol. The molecule has 4 aromatic rings. The van der Waals surface area contributed by atoms with E-state index in [9.17, 15) is 10.2 Å². The fourth-order valence-electron chi connectivity index (χ4n) is 5.70. The number of hydrogen-bond donors (Lipinski definition) is 2. The number of aromatic hydroxyl groups is 2. The average Bonchev–Trinajstić information content (AvgIpc) is 3.09. The second-order valence-corrected chi connectivity index (χ2v) is 11.4. The second kappa shape index (κ2) is 18.7. The molecule has 2 N–H and O–H groups in total. The van der Waals surface area contributed by atoms with E-state index in [1.165, 1.54) is 0 Å². The van der Waals surface area contributed by atoms with Crippen molar-refractivity contribution in [1.82, 2.24) is 19.8 Å². The van der Waals surface area contributed by atoms with E-state index in [0.717, 1.165) is 21.9 Å². The molecule has 0 aliphatic carbocycles. The lowest BCUT2D eigenvalue weighted by atomic mass is 10.1. The number of nitrogens with zero attached hydrogens (tertiary/aromatic N) is 4. The Hall–Kier alpha value is -3.78. The van der Waals surface area contributed by atoms with Gasteiger partial charge in [-0.3, -0.25) is 19.8 Å². The van der Waals surface area contributed by atoms with E-state index in [1.54, 1.807) is 12.4 Å². The van der Waals surface area contributed by atoms with Crippen molar-refractivity contribution < 1.29 is 38.6 Å². The summed E-state index contributed by atoms with van der Waals surface area (Å²) in [6.45, 7) is 12.6. The number of aromatic nitrogens is 2. The summed E-state index contributed by atoms with van der Waals surface area (Å²) in [7, 11) is 0. The molecule has 12 heteroatoms. The SMILES string of the molecule is CCOc1ccnc2c(O)c(CN3CCOCCOCCN(Cc4ccc5c(OCC)ccnc5c4O)CCOCCOCC3)ccc12. The number of benzene rings is 2. The molecule has 5 rings (SSSR count). The molecule has 0 atom stereocenters. The van der Waals surface area contributed by atoms with Crippen LogP contribution in [0.2, 0.25) is 0 Å². The van der Waals surface area contributed by atoms with Gasteiger partial charge in [0.2, 0.25) is 0 Å². The van der Waals surface area contributed by atoms with Crippen LogP contribution >= 0.6 is 0 Å². The lowest BCUT2D eigenvalue weighted by molar-refractivity contribution is 0.00612. The van der Waals surface area contributed by atoms with Gasteiger partial charge in [-0.15, -0.1) is 0 Å². The molecule has 2 aromatic heterocycles. The van der Waals surface area contributed by atoms with Crippen LogP contribution in [-0.4, -0.2) is 122 Å². The van der Waals surface area contributed by atoms with Crippen LogP contribution in [0.4, 0.5) is 0 Å². The van der Waals surface area contributed by atoms with Crippen molar-refractivity contribution in [2.45, 2.75) is 26.9 Å². The zero-order valence-electron chi connectivity index (χ0n) is 28.1. The van der Waals surface area contributed by atoms with Gasteiger partial charge >= 0.3 is 0 Å². The molecule has 0 radical (unpaired) electrons. The molecule has 260 valence electrons. The molecule has 1 fully saturated rings. The first-order valence-corrected chi connectivity index (χ1v) is 16.8. The average molecular weight is 665 g/mol. The molecule has 12 nitrogen and oxygen atoms in total. The molecular formula is C36H48N4O8. The lowest BCUT2D eigenvalue weighted by Crippen LogP contribution is -2.32. The van der Waals surface area contributed by atoms with E-state index in [0.29, 0.717) is 128 Å². The van der Waals surface area contributed by atoms with E-state index in [-0.39, 0.29) is 11.5 Å². The van der Waals surface area contributed by atoms with Gasteiger partial charge < -0.3 is 38.6 Å². The molecule has 0 bridgehead atoms. The van der Waals surface area contributed by atoms with Crippen molar-refractivity contribution in [2.75, 3.05) is 92.2 Å². The van der Waals surface area contributed by atoms with Gasteiger partial charge in [0.15, 0.2) is 0 Å². The maximum absolute atomic E-state index is 11.1. The minimum Gasteiger partial charge on any atom is -0.505 e. The summed E-state index contributed by atoms with van der Waals surface area (Å²) in [5.74, 6) is 1.74. The Morgan fingerprint density at radius 1 is 0.562 bits per heavy atom. The normalized spacial score (nSPS) is 17.2. The van der Waals surface area contributed by atoms with Crippen molar-refractivity contribution in [3.8, 4) is 23.0 Å². The number of phenolic OH excluding ortho intramolecular Hbond substituents is 2. The van der Waals surface area contributed by atoms with Crippen molar-refractivity contribution in [3.05, 3.63) is 59.9 Å². The van der Waals surface area contributed by atoms with Gasteiger partial charge in [-0.1, -0.05) is 12.1 Å². The molecule has 1 aliphatic rings. The first-order chi connectivity index (χ1) is 23.6. The standard InChI is InChI=1S/C36H48N4O8/c1-3-47-31-9-11-37-33-29(31)7-5-27(35(33)41)25-39-13-17-43-21-23-45-19-15-40(16-20-46-24-22-44-18-14-39)26-28-6-8-30-32(48-4-2)10-12-38-34(30)36(28)42/h5-12,41-42H,3-4,13-26H2,1-2H3. The Morgan fingerprint density at radius 2 is 0.938 bits per heavy atom. The minimum absolute atomic E-state index is 0.161. The van der Waals surface area contributed by atoms with Crippen molar-refractivity contribution >= 4 is 21.8 Å². The monoisotopic (exact) mass is 664 g/mol. The molecule has 0 saturated carbocycles. The fourth-order valence-corrected chi connectivity index (χ4v) is 5.70. The fraction of sp³-hybridized carbons (Fsp3) is 0.500. The molecule has 3 heterocycles. The predicted octanol–water partition coefficient (Wildman–Crippen LogP) is 4.38. The number of fused-ring (bicyclic) bond motifs is 2. The largest absolute Gasteiger partial charge is 0.505 e. The summed E-state index contributed by atoms with van der Waals surface area (Å²) in [5.41, 5.74) is 2.63. The maximum atomic E-state index is 11.1. The highest BCUT2D eigenvalue weighted by Gasteiger charge is 2.17. The van der Waals surface area contributed by atoms with Gasteiger partial charge in [0.05, 0.1) is 66.1 Å². The van der Waals surface area contributed by atoms with Crippen molar-refractivity contribution in [1.29, 1.82) is 0 Å². The van der Waals surface area contributed by atoms with Gasteiger partial charge in [0.1, 0.15) is 34.0 Å². The Bertz CT molecular complexity index is 1450. The van der Waals surface area contributed by atoms with Crippen LogP contribution in [0.25, 0.3) is 21.8 Å². The van der Waals surface area contributed by atoms with Crippen LogP contribution in [-0.2, 0) is 32.0 Å².